The third-order valence-electron chi connectivity index (χ3n) is 3.05. The van der Waals surface area contributed by atoms with Crippen molar-refractivity contribution in [2.45, 2.75) is 13.8 Å². The molecule has 0 aliphatic carbocycles. The van der Waals surface area contributed by atoms with Gasteiger partial charge in [0.25, 0.3) is 5.91 Å². The van der Waals surface area contributed by atoms with E-state index in [0.717, 1.165) is 5.56 Å². The number of aromatic hydroxyl groups is 1. The summed E-state index contributed by atoms with van der Waals surface area (Å²) in [5.74, 6) is -0.895. The minimum Gasteiger partial charge on any atom is -0.507 e. The number of aryl methyl sites for hydroxylation is 1. The summed E-state index contributed by atoms with van der Waals surface area (Å²) in [5.41, 5.74) is 2.02. The zero-order chi connectivity index (χ0) is 16.1. The molecule has 22 heavy (non-hydrogen) atoms. The molecule has 0 heterocycles. The summed E-state index contributed by atoms with van der Waals surface area (Å²) < 4.78 is 4.89. The van der Waals surface area contributed by atoms with Gasteiger partial charge >= 0.3 is 5.97 Å². The fourth-order valence-corrected chi connectivity index (χ4v) is 1.93. The standard InChI is InChI=1S/C17H17NO4/c1-3-22-17(21)12-5-7-13(8-6-12)18-16(20)14-10-11(2)4-9-15(14)19/h4-10,19H,3H2,1-2H3,(H,18,20). The van der Waals surface area contributed by atoms with Crippen molar-refractivity contribution in [1.29, 1.82) is 0 Å². The van der Waals surface area contributed by atoms with Crippen LogP contribution in [0.2, 0.25) is 0 Å². The Morgan fingerprint density at radius 3 is 2.45 bits per heavy atom. The minimum absolute atomic E-state index is 0.0776. The molecule has 0 saturated heterocycles. The lowest BCUT2D eigenvalue weighted by atomic mass is 10.1. The quantitative estimate of drug-likeness (QED) is 0.850. The predicted molar refractivity (Wildman–Crippen MR) is 83.2 cm³/mol. The largest absolute Gasteiger partial charge is 0.507 e. The van der Waals surface area contributed by atoms with Crippen molar-refractivity contribution in [1.82, 2.24) is 0 Å². The zero-order valence-electron chi connectivity index (χ0n) is 12.4. The first-order chi connectivity index (χ1) is 10.5. The average molecular weight is 299 g/mol. The fraction of sp³-hybridized carbons (Fsp3) is 0.176. The van der Waals surface area contributed by atoms with Crippen LogP contribution in [0.4, 0.5) is 5.69 Å². The van der Waals surface area contributed by atoms with Crippen LogP contribution >= 0.6 is 0 Å². The van der Waals surface area contributed by atoms with Gasteiger partial charge in [-0.3, -0.25) is 4.79 Å². The normalized spacial score (nSPS) is 10.1. The first kappa shape index (κ1) is 15.6. The molecule has 0 atom stereocenters. The molecule has 0 bridgehead atoms. The lowest BCUT2D eigenvalue weighted by Crippen LogP contribution is -2.12. The molecular formula is C17H17NO4. The van der Waals surface area contributed by atoms with Crippen LogP contribution in [0.1, 0.15) is 33.2 Å². The second-order valence-electron chi connectivity index (χ2n) is 4.77. The Bertz CT molecular complexity index is 692. The van der Waals surface area contributed by atoms with Crippen molar-refractivity contribution in [3.8, 4) is 5.75 Å². The minimum atomic E-state index is -0.412. The number of ether oxygens (including phenoxy) is 1. The summed E-state index contributed by atoms with van der Waals surface area (Å²) in [7, 11) is 0. The van der Waals surface area contributed by atoms with Crippen molar-refractivity contribution in [2.75, 3.05) is 11.9 Å². The summed E-state index contributed by atoms with van der Waals surface area (Å²) in [4.78, 5) is 23.7. The van der Waals surface area contributed by atoms with Gasteiger partial charge in [0.1, 0.15) is 5.75 Å². The number of benzene rings is 2. The van der Waals surface area contributed by atoms with E-state index in [1.54, 1.807) is 43.3 Å². The van der Waals surface area contributed by atoms with Crippen molar-refractivity contribution in [2.24, 2.45) is 0 Å². The van der Waals surface area contributed by atoms with E-state index in [-0.39, 0.29) is 11.3 Å². The van der Waals surface area contributed by atoms with E-state index in [1.165, 1.54) is 6.07 Å². The summed E-state index contributed by atoms with van der Waals surface area (Å²) in [6, 6.07) is 11.2. The van der Waals surface area contributed by atoms with Crippen molar-refractivity contribution < 1.29 is 19.4 Å². The van der Waals surface area contributed by atoms with Gasteiger partial charge in [-0.15, -0.1) is 0 Å². The highest BCUT2D eigenvalue weighted by molar-refractivity contribution is 6.06. The average Bonchev–Trinajstić information content (AvgIpc) is 2.50. The third kappa shape index (κ3) is 3.63. The molecule has 0 unspecified atom stereocenters. The lowest BCUT2D eigenvalue weighted by Gasteiger charge is -2.08. The first-order valence-corrected chi connectivity index (χ1v) is 6.89. The number of phenolic OH excluding ortho intramolecular Hbond substituents is 1. The van der Waals surface area contributed by atoms with E-state index in [9.17, 15) is 14.7 Å². The number of nitrogens with one attached hydrogen (secondary N) is 1. The fourth-order valence-electron chi connectivity index (χ4n) is 1.93. The van der Waals surface area contributed by atoms with Crippen LogP contribution in [0.3, 0.4) is 0 Å². The van der Waals surface area contributed by atoms with Crippen LogP contribution < -0.4 is 5.32 Å². The number of phenols is 1. The molecule has 0 spiro atoms. The van der Waals surface area contributed by atoms with E-state index in [1.807, 2.05) is 6.92 Å². The van der Waals surface area contributed by atoms with Gasteiger partial charge in [0, 0.05) is 5.69 Å². The van der Waals surface area contributed by atoms with Gasteiger partial charge in [0.15, 0.2) is 0 Å². The predicted octanol–water partition coefficient (Wildman–Crippen LogP) is 3.13. The van der Waals surface area contributed by atoms with Gasteiger partial charge in [0.05, 0.1) is 17.7 Å². The Balaban J connectivity index is 2.12. The Kier molecular flexibility index (Phi) is 4.78. The molecule has 0 aliphatic heterocycles. The van der Waals surface area contributed by atoms with E-state index in [0.29, 0.717) is 17.9 Å². The van der Waals surface area contributed by atoms with Gasteiger partial charge in [-0.1, -0.05) is 11.6 Å². The summed E-state index contributed by atoms with van der Waals surface area (Å²) in [6.07, 6.45) is 0. The Morgan fingerprint density at radius 2 is 1.82 bits per heavy atom. The Morgan fingerprint density at radius 1 is 1.14 bits per heavy atom. The number of amides is 1. The van der Waals surface area contributed by atoms with Crippen LogP contribution in [0.5, 0.6) is 5.75 Å². The molecule has 114 valence electrons. The number of rotatable bonds is 4. The number of hydrogen-bond acceptors (Lipinski definition) is 4. The highest BCUT2D eigenvalue weighted by atomic mass is 16.5. The SMILES string of the molecule is CCOC(=O)c1ccc(NC(=O)c2cc(C)ccc2O)cc1. The highest BCUT2D eigenvalue weighted by Gasteiger charge is 2.12. The first-order valence-electron chi connectivity index (χ1n) is 6.89. The van der Waals surface area contributed by atoms with Gasteiger partial charge in [-0.05, 0) is 50.2 Å². The molecule has 0 saturated carbocycles. The van der Waals surface area contributed by atoms with Gasteiger partial charge in [0.2, 0.25) is 0 Å². The number of esters is 1. The molecule has 2 N–H and O–H groups in total. The molecular weight excluding hydrogens is 282 g/mol. The molecule has 0 aliphatic rings. The van der Waals surface area contributed by atoms with Gasteiger partial charge in [-0.25, -0.2) is 4.79 Å². The lowest BCUT2D eigenvalue weighted by molar-refractivity contribution is 0.0526. The van der Waals surface area contributed by atoms with Gasteiger partial charge in [-0.2, -0.15) is 0 Å². The van der Waals surface area contributed by atoms with Crippen LogP contribution in [-0.4, -0.2) is 23.6 Å². The maximum Gasteiger partial charge on any atom is 0.338 e. The second kappa shape index (κ2) is 6.76. The zero-order valence-corrected chi connectivity index (χ0v) is 12.4. The molecule has 0 fully saturated rings. The third-order valence-corrected chi connectivity index (χ3v) is 3.05. The van der Waals surface area contributed by atoms with E-state index in [2.05, 4.69) is 5.32 Å². The number of hydrogen-bond donors (Lipinski definition) is 2. The molecule has 0 radical (unpaired) electrons. The molecule has 1 amide bonds. The van der Waals surface area contributed by atoms with E-state index < -0.39 is 11.9 Å². The molecule has 2 rings (SSSR count). The molecule has 5 heteroatoms. The van der Waals surface area contributed by atoms with Gasteiger partial charge < -0.3 is 15.2 Å². The smallest absolute Gasteiger partial charge is 0.338 e. The molecule has 2 aromatic rings. The number of anilines is 1. The molecule has 0 aromatic heterocycles. The van der Waals surface area contributed by atoms with Crippen molar-refractivity contribution >= 4 is 17.6 Å². The van der Waals surface area contributed by atoms with E-state index >= 15 is 0 Å². The van der Waals surface area contributed by atoms with Crippen LogP contribution in [-0.2, 0) is 4.74 Å². The molecule has 2 aromatic carbocycles. The summed E-state index contributed by atoms with van der Waals surface area (Å²) >= 11 is 0. The van der Waals surface area contributed by atoms with E-state index in [4.69, 9.17) is 4.74 Å². The van der Waals surface area contributed by atoms with Crippen molar-refractivity contribution in [3.05, 3.63) is 59.2 Å². The maximum absolute atomic E-state index is 12.1. The summed E-state index contributed by atoms with van der Waals surface area (Å²) in [5, 5.41) is 12.4. The maximum atomic E-state index is 12.1. The van der Waals surface area contributed by atoms with Crippen LogP contribution in [0.25, 0.3) is 0 Å². The Labute approximate surface area is 128 Å². The summed E-state index contributed by atoms with van der Waals surface area (Å²) in [6.45, 7) is 3.88. The number of carbonyl (C=O) groups excluding carboxylic acids is 2. The monoisotopic (exact) mass is 299 g/mol. The Hall–Kier alpha value is -2.82. The highest BCUT2D eigenvalue weighted by Crippen LogP contribution is 2.20. The second-order valence-corrected chi connectivity index (χ2v) is 4.77. The topological polar surface area (TPSA) is 75.6 Å². The molecule has 5 nitrogen and oxygen atoms in total. The number of carbonyl (C=O) groups is 2. The van der Waals surface area contributed by atoms with Crippen LogP contribution in [0, 0.1) is 6.92 Å². The van der Waals surface area contributed by atoms with Crippen LogP contribution in [0.15, 0.2) is 42.5 Å². The van der Waals surface area contributed by atoms with Crippen molar-refractivity contribution in [3.63, 3.8) is 0 Å².